The lowest BCUT2D eigenvalue weighted by atomic mass is 10.0. The third kappa shape index (κ3) is 2.78. The van der Waals surface area contributed by atoms with E-state index in [9.17, 15) is 5.11 Å². The minimum atomic E-state index is 0.239. The third-order valence-corrected chi connectivity index (χ3v) is 5.98. The zero-order valence-corrected chi connectivity index (χ0v) is 17.1. The van der Waals surface area contributed by atoms with Crippen LogP contribution in [-0.2, 0) is 0 Å². The maximum atomic E-state index is 10.8. The van der Waals surface area contributed by atoms with Gasteiger partial charge in [-0.3, -0.25) is 0 Å². The molecule has 0 radical (unpaired) electrons. The Balaban J connectivity index is 1.71. The van der Waals surface area contributed by atoms with E-state index in [2.05, 4.69) is 73.7 Å². The third-order valence-electron chi connectivity index (χ3n) is 5.98. The lowest BCUT2D eigenvalue weighted by molar-refractivity contribution is 0.478. The van der Waals surface area contributed by atoms with Gasteiger partial charge in [-0.15, -0.1) is 0 Å². The highest BCUT2D eigenvalue weighted by Gasteiger charge is 2.17. The summed E-state index contributed by atoms with van der Waals surface area (Å²) in [5.41, 5.74) is 5.91. The van der Waals surface area contributed by atoms with Crippen molar-refractivity contribution >= 4 is 27.1 Å². The van der Waals surface area contributed by atoms with E-state index in [1.807, 2.05) is 28.8 Å². The van der Waals surface area contributed by atoms with Crippen LogP contribution in [0.1, 0.15) is 5.56 Å². The molecule has 2 aromatic heterocycles. The van der Waals surface area contributed by atoms with Crippen LogP contribution in [0.5, 0.6) is 5.75 Å². The summed E-state index contributed by atoms with van der Waals surface area (Å²) in [5.74, 6) is 0.239. The first-order chi connectivity index (χ1) is 15.2. The summed E-state index contributed by atoms with van der Waals surface area (Å²) in [6.07, 6.45) is 0. The minimum absolute atomic E-state index is 0.239. The highest BCUT2D eigenvalue weighted by atomic mass is 16.3. The molecule has 0 saturated carbocycles. The van der Waals surface area contributed by atoms with Crippen molar-refractivity contribution in [2.75, 3.05) is 0 Å². The SMILES string of the molecule is Cc1ccc(-c2cc3ccccc3c3cc(-c4c(O)ccc5ccccc45)nn23)cc1. The van der Waals surface area contributed by atoms with Gasteiger partial charge in [0.25, 0.3) is 0 Å². The molecule has 0 saturated heterocycles. The number of fused-ring (bicyclic) bond motifs is 4. The van der Waals surface area contributed by atoms with Gasteiger partial charge in [0, 0.05) is 10.9 Å². The lowest BCUT2D eigenvalue weighted by Crippen LogP contribution is -1.95. The molecule has 0 atom stereocenters. The topological polar surface area (TPSA) is 37.5 Å². The van der Waals surface area contributed by atoms with Gasteiger partial charge in [0.05, 0.1) is 22.5 Å². The number of phenolic OH excluding ortho intramolecular Hbond substituents is 1. The van der Waals surface area contributed by atoms with Crippen LogP contribution in [0.3, 0.4) is 0 Å². The van der Waals surface area contributed by atoms with Crippen LogP contribution in [0, 0.1) is 6.92 Å². The predicted octanol–water partition coefficient (Wildman–Crippen LogP) is 6.99. The second kappa shape index (κ2) is 6.71. The van der Waals surface area contributed by atoms with E-state index >= 15 is 0 Å². The van der Waals surface area contributed by atoms with Crippen LogP contribution in [0.15, 0.2) is 97.1 Å². The molecule has 0 bridgehead atoms. The Kier molecular flexibility index (Phi) is 3.84. The molecule has 2 heterocycles. The van der Waals surface area contributed by atoms with E-state index in [0.717, 1.165) is 44.2 Å². The molecule has 0 aliphatic carbocycles. The Morgan fingerprint density at radius 2 is 1.42 bits per heavy atom. The van der Waals surface area contributed by atoms with Gasteiger partial charge in [-0.05, 0) is 41.3 Å². The number of hydrogen-bond donors (Lipinski definition) is 1. The molecular weight excluding hydrogens is 380 g/mol. The van der Waals surface area contributed by atoms with Crippen LogP contribution < -0.4 is 0 Å². The Labute approximate surface area is 179 Å². The maximum Gasteiger partial charge on any atom is 0.125 e. The number of phenols is 1. The molecule has 6 rings (SSSR count). The molecule has 3 heteroatoms. The number of nitrogens with zero attached hydrogens (tertiary/aromatic N) is 2. The van der Waals surface area contributed by atoms with Crippen molar-refractivity contribution in [1.82, 2.24) is 9.61 Å². The molecule has 0 fully saturated rings. The summed E-state index contributed by atoms with van der Waals surface area (Å²) in [6, 6.07) is 32.9. The van der Waals surface area contributed by atoms with Gasteiger partial charge in [0.1, 0.15) is 5.75 Å². The number of hydrogen-bond acceptors (Lipinski definition) is 2. The molecule has 0 aliphatic rings. The van der Waals surface area contributed by atoms with E-state index in [1.54, 1.807) is 6.07 Å². The van der Waals surface area contributed by atoms with E-state index < -0.39 is 0 Å². The summed E-state index contributed by atoms with van der Waals surface area (Å²) in [4.78, 5) is 0. The van der Waals surface area contributed by atoms with Gasteiger partial charge in [-0.25, -0.2) is 4.52 Å². The van der Waals surface area contributed by atoms with Crippen molar-refractivity contribution in [3.63, 3.8) is 0 Å². The first-order valence-corrected chi connectivity index (χ1v) is 10.4. The minimum Gasteiger partial charge on any atom is -0.507 e. The molecular formula is C28H20N2O. The van der Waals surface area contributed by atoms with Gasteiger partial charge in [-0.2, -0.15) is 5.10 Å². The number of aromatic hydroxyl groups is 1. The summed E-state index contributed by atoms with van der Waals surface area (Å²) < 4.78 is 2.00. The Morgan fingerprint density at radius 3 is 2.23 bits per heavy atom. The average molecular weight is 400 g/mol. The summed E-state index contributed by atoms with van der Waals surface area (Å²) >= 11 is 0. The van der Waals surface area contributed by atoms with E-state index in [0.29, 0.717) is 0 Å². The van der Waals surface area contributed by atoms with E-state index in [1.165, 1.54) is 10.9 Å². The first kappa shape index (κ1) is 17.7. The molecule has 0 spiro atoms. The van der Waals surface area contributed by atoms with Gasteiger partial charge in [0.15, 0.2) is 0 Å². The molecule has 148 valence electrons. The Morgan fingerprint density at radius 1 is 0.710 bits per heavy atom. The van der Waals surface area contributed by atoms with Crippen molar-refractivity contribution in [1.29, 1.82) is 0 Å². The Bertz CT molecular complexity index is 1590. The molecule has 6 aromatic rings. The molecule has 0 unspecified atom stereocenters. The van der Waals surface area contributed by atoms with Crippen LogP contribution in [-0.4, -0.2) is 14.7 Å². The van der Waals surface area contributed by atoms with Crippen molar-refractivity contribution in [3.05, 3.63) is 103 Å². The highest BCUT2D eigenvalue weighted by Crippen LogP contribution is 2.38. The fourth-order valence-electron chi connectivity index (χ4n) is 4.40. The fraction of sp³-hybridized carbons (Fsp3) is 0.0357. The molecule has 0 aliphatic heterocycles. The number of aryl methyl sites for hydroxylation is 1. The summed E-state index contributed by atoms with van der Waals surface area (Å²) in [6.45, 7) is 2.09. The second-order valence-corrected chi connectivity index (χ2v) is 7.99. The smallest absolute Gasteiger partial charge is 0.125 e. The largest absolute Gasteiger partial charge is 0.507 e. The average Bonchev–Trinajstić information content (AvgIpc) is 3.24. The van der Waals surface area contributed by atoms with Gasteiger partial charge < -0.3 is 5.11 Å². The van der Waals surface area contributed by atoms with E-state index in [4.69, 9.17) is 5.10 Å². The molecule has 0 amide bonds. The van der Waals surface area contributed by atoms with Crippen LogP contribution >= 0.6 is 0 Å². The first-order valence-electron chi connectivity index (χ1n) is 10.4. The number of aromatic nitrogens is 2. The van der Waals surface area contributed by atoms with Gasteiger partial charge >= 0.3 is 0 Å². The predicted molar refractivity (Wildman–Crippen MR) is 127 cm³/mol. The summed E-state index contributed by atoms with van der Waals surface area (Å²) in [5, 5.41) is 20.1. The number of pyridine rings is 1. The molecule has 1 N–H and O–H groups in total. The van der Waals surface area contributed by atoms with Crippen molar-refractivity contribution in [2.45, 2.75) is 6.92 Å². The van der Waals surface area contributed by atoms with Gasteiger partial charge in [0.2, 0.25) is 0 Å². The second-order valence-electron chi connectivity index (χ2n) is 7.99. The number of rotatable bonds is 2. The zero-order chi connectivity index (χ0) is 20.9. The fourth-order valence-corrected chi connectivity index (χ4v) is 4.40. The van der Waals surface area contributed by atoms with Crippen molar-refractivity contribution < 1.29 is 5.11 Å². The van der Waals surface area contributed by atoms with Gasteiger partial charge in [-0.1, -0.05) is 84.4 Å². The number of benzene rings is 4. The van der Waals surface area contributed by atoms with Crippen molar-refractivity contribution in [3.8, 4) is 28.3 Å². The van der Waals surface area contributed by atoms with Crippen LogP contribution in [0.4, 0.5) is 0 Å². The highest BCUT2D eigenvalue weighted by molar-refractivity contribution is 6.03. The molecule has 3 nitrogen and oxygen atoms in total. The Hall–Kier alpha value is -4.11. The molecule has 4 aromatic carbocycles. The standard InChI is InChI=1S/C28H20N2O/c1-18-10-12-20(13-11-18)25-16-21-7-3-4-8-22(21)26-17-24(29-30(25)26)28-23-9-5-2-6-19(23)14-15-27(28)31/h2-17,31H,1H3. The van der Waals surface area contributed by atoms with Crippen molar-refractivity contribution in [2.24, 2.45) is 0 Å². The van der Waals surface area contributed by atoms with Crippen LogP contribution in [0.25, 0.3) is 49.6 Å². The summed E-state index contributed by atoms with van der Waals surface area (Å²) in [7, 11) is 0. The normalized spacial score (nSPS) is 11.5. The quantitative estimate of drug-likeness (QED) is 0.340. The monoisotopic (exact) mass is 400 g/mol. The lowest BCUT2D eigenvalue weighted by Gasteiger charge is -2.09. The molecule has 31 heavy (non-hydrogen) atoms. The van der Waals surface area contributed by atoms with Crippen LogP contribution in [0.2, 0.25) is 0 Å². The van der Waals surface area contributed by atoms with E-state index in [-0.39, 0.29) is 5.75 Å². The zero-order valence-electron chi connectivity index (χ0n) is 17.1. The maximum absolute atomic E-state index is 10.8.